The highest BCUT2D eigenvalue weighted by Crippen LogP contribution is 2.64. The smallest absolute Gasteiger partial charge is 0.237 e. The number of anilines is 1. The van der Waals surface area contributed by atoms with Crippen LogP contribution in [0, 0.1) is 5.41 Å². The first-order valence-electron chi connectivity index (χ1n) is 13.6. The molecule has 1 saturated heterocycles. The third kappa shape index (κ3) is 5.62. The van der Waals surface area contributed by atoms with Crippen molar-refractivity contribution in [1.82, 2.24) is 4.90 Å². The molecule has 2 fully saturated rings. The summed E-state index contributed by atoms with van der Waals surface area (Å²) >= 11 is 9.82. The predicted octanol–water partition coefficient (Wildman–Crippen LogP) is 5.86. The minimum absolute atomic E-state index is 0.0864. The molecule has 0 aromatic heterocycles. The Morgan fingerprint density at radius 1 is 1.23 bits per heavy atom. The van der Waals surface area contributed by atoms with Gasteiger partial charge < -0.3 is 20.7 Å². The van der Waals surface area contributed by atoms with E-state index in [1.807, 2.05) is 36.4 Å². The molecule has 10 heteroatoms. The van der Waals surface area contributed by atoms with Gasteiger partial charge in [0.15, 0.2) is 0 Å². The van der Waals surface area contributed by atoms with Crippen molar-refractivity contribution in [2.24, 2.45) is 11.1 Å². The van der Waals surface area contributed by atoms with Crippen LogP contribution in [0.3, 0.4) is 0 Å². The number of ether oxygens (including phenoxy) is 1. The van der Waals surface area contributed by atoms with Gasteiger partial charge in [0.2, 0.25) is 17.7 Å². The summed E-state index contributed by atoms with van der Waals surface area (Å²) in [5, 5.41) is 3.62. The van der Waals surface area contributed by atoms with E-state index in [1.165, 1.54) is 0 Å². The molecular formula is C30H39BrClN3O4Si. The van der Waals surface area contributed by atoms with Crippen LogP contribution in [0.25, 0.3) is 0 Å². The fraction of sp³-hybridized carbons (Fsp3) is 0.500. The van der Waals surface area contributed by atoms with Crippen LogP contribution in [0.1, 0.15) is 50.2 Å². The van der Waals surface area contributed by atoms with Crippen molar-refractivity contribution in [3.63, 3.8) is 0 Å². The molecule has 40 heavy (non-hydrogen) atoms. The Morgan fingerprint density at radius 3 is 2.42 bits per heavy atom. The largest absolute Gasteiger partial charge is 0.385 e. The third-order valence-electron chi connectivity index (χ3n) is 8.89. The molecule has 3 amide bonds. The Morgan fingerprint density at radius 2 is 1.90 bits per heavy atom. The number of benzene rings is 2. The Kier molecular flexibility index (Phi) is 8.63. The van der Waals surface area contributed by atoms with Crippen LogP contribution in [-0.4, -0.2) is 56.1 Å². The Balaban J connectivity index is 0.000000406. The number of primary amides is 1. The number of hydrogen-bond acceptors (Lipinski definition) is 4. The lowest BCUT2D eigenvalue weighted by Crippen LogP contribution is -2.67. The maximum Gasteiger partial charge on any atom is 0.237 e. The SMILES string of the molecule is CC1([C@H]2N(CC(N)=O)C(=O)C[C@@H](c3cccc(Cl)c3)[C@]23C(=O)Nc2cc(Br)ccc23)CC1.COC(C)[Si](C)(C)C. The monoisotopic (exact) mass is 647 g/mol. The van der Waals surface area contributed by atoms with E-state index in [0.717, 1.165) is 34.1 Å². The van der Waals surface area contributed by atoms with E-state index >= 15 is 0 Å². The van der Waals surface area contributed by atoms with Gasteiger partial charge in [0.1, 0.15) is 5.41 Å². The molecule has 0 bridgehead atoms. The Bertz CT molecular complexity index is 1330. The first-order chi connectivity index (χ1) is 18.6. The maximum atomic E-state index is 14.0. The number of carbonyl (C=O) groups excluding carboxylic acids is 3. The summed E-state index contributed by atoms with van der Waals surface area (Å²) in [4.78, 5) is 41.0. The zero-order valence-corrected chi connectivity index (χ0v) is 27.4. The molecule has 1 saturated carbocycles. The second-order valence-corrected chi connectivity index (χ2v) is 19.5. The maximum absolute atomic E-state index is 14.0. The highest BCUT2D eigenvalue weighted by atomic mass is 79.9. The number of amides is 3. The number of nitrogens with zero attached hydrogens (tertiary/aromatic N) is 1. The van der Waals surface area contributed by atoms with E-state index in [4.69, 9.17) is 22.1 Å². The van der Waals surface area contributed by atoms with Crippen molar-refractivity contribution in [2.75, 3.05) is 19.0 Å². The summed E-state index contributed by atoms with van der Waals surface area (Å²) in [5.41, 5.74) is 7.09. The van der Waals surface area contributed by atoms with Gasteiger partial charge in [0.05, 0.1) is 20.7 Å². The molecule has 7 nitrogen and oxygen atoms in total. The zero-order valence-electron chi connectivity index (χ0n) is 24.0. The van der Waals surface area contributed by atoms with Crippen molar-refractivity contribution in [2.45, 2.75) is 75.9 Å². The number of hydrogen-bond donors (Lipinski definition) is 2. The zero-order chi connectivity index (χ0) is 29.6. The number of methoxy groups -OCH3 is 1. The molecule has 2 heterocycles. The van der Waals surface area contributed by atoms with Crippen LogP contribution in [0.15, 0.2) is 46.9 Å². The number of fused-ring (bicyclic) bond motifs is 2. The van der Waals surface area contributed by atoms with E-state index in [9.17, 15) is 14.4 Å². The second kappa shape index (κ2) is 11.2. The standard InChI is InChI=1S/C24H23BrClN3O3.C6H16OSi/c1-23(7-8-23)21-24(16-6-5-14(25)10-18(16)28-22(24)32)17(13-3-2-4-15(26)9-13)11-20(31)29(21)12-19(27)30;1-6(7-2)8(3,4)5/h2-6,9-10,17,21H,7-8,11-12H2,1H3,(H2,27,30)(H,28,32);6H,1-5H3/t17-,21+,24-;/m0./s1. The first kappa shape index (κ1) is 30.7. The van der Waals surface area contributed by atoms with Gasteiger partial charge in [0.25, 0.3) is 0 Å². The van der Waals surface area contributed by atoms with Crippen molar-refractivity contribution in [3.05, 3.63) is 63.1 Å². The molecule has 5 rings (SSSR count). The fourth-order valence-electron chi connectivity index (χ4n) is 6.18. The van der Waals surface area contributed by atoms with Crippen LogP contribution in [0.2, 0.25) is 24.7 Å². The van der Waals surface area contributed by atoms with Gasteiger partial charge in [-0.05, 0) is 60.6 Å². The number of carbonyl (C=O) groups is 3. The number of likely N-dealkylation sites (tertiary alicyclic amines) is 1. The van der Waals surface area contributed by atoms with E-state index < -0.39 is 31.4 Å². The average Bonchev–Trinajstić information content (AvgIpc) is 3.55. The van der Waals surface area contributed by atoms with E-state index in [1.54, 1.807) is 18.1 Å². The van der Waals surface area contributed by atoms with Gasteiger partial charge in [-0.1, -0.05) is 72.3 Å². The molecule has 1 unspecified atom stereocenters. The highest BCUT2D eigenvalue weighted by molar-refractivity contribution is 9.10. The normalized spacial score (nSPS) is 25.6. The quantitative estimate of drug-likeness (QED) is 0.383. The van der Waals surface area contributed by atoms with Crippen molar-refractivity contribution in [1.29, 1.82) is 0 Å². The third-order valence-corrected chi connectivity index (χ3v) is 12.3. The summed E-state index contributed by atoms with van der Waals surface area (Å²) < 4.78 is 6.03. The lowest BCUT2D eigenvalue weighted by atomic mass is 9.56. The topological polar surface area (TPSA) is 102 Å². The van der Waals surface area contributed by atoms with Crippen LogP contribution >= 0.6 is 27.5 Å². The molecule has 1 spiro atoms. The predicted molar refractivity (Wildman–Crippen MR) is 165 cm³/mol. The number of piperidine rings is 1. The summed E-state index contributed by atoms with van der Waals surface area (Å²) in [5.74, 6) is -1.34. The summed E-state index contributed by atoms with van der Waals surface area (Å²) in [6.07, 6.45) is 1.82. The number of rotatable bonds is 6. The molecular weight excluding hydrogens is 610 g/mol. The first-order valence-corrected chi connectivity index (χ1v) is 18.4. The average molecular weight is 649 g/mol. The summed E-state index contributed by atoms with van der Waals surface area (Å²) in [7, 11) is 0.798. The van der Waals surface area contributed by atoms with Crippen molar-refractivity contribution < 1.29 is 19.1 Å². The van der Waals surface area contributed by atoms with Crippen LogP contribution in [-0.2, 0) is 24.5 Å². The van der Waals surface area contributed by atoms with Gasteiger partial charge >= 0.3 is 0 Å². The van der Waals surface area contributed by atoms with Gasteiger partial charge in [-0.3, -0.25) is 14.4 Å². The minimum atomic E-state index is -1.06. The minimum Gasteiger partial charge on any atom is -0.385 e. The molecule has 3 aliphatic rings. The van der Waals surface area contributed by atoms with Gasteiger partial charge in [-0.2, -0.15) is 0 Å². The molecule has 2 aromatic carbocycles. The van der Waals surface area contributed by atoms with Crippen LogP contribution < -0.4 is 11.1 Å². The van der Waals surface area contributed by atoms with Crippen molar-refractivity contribution >= 4 is 59.0 Å². The molecule has 0 radical (unpaired) electrons. The Hall–Kier alpha value is -2.20. The fourth-order valence-corrected chi connectivity index (χ4v) is 7.45. The molecule has 3 N–H and O–H groups in total. The Labute approximate surface area is 251 Å². The van der Waals surface area contributed by atoms with Crippen LogP contribution in [0.5, 0.6) is 0 Å². The molecule has 216 valence electrons. The molecule has 2 aromatic rings. The molecule has 2 aliphatic heterocycles. The van der Waals surface area contributed by atoms with Gasteiger partial charge in [0, 0.05) is 40.4 Å². The second-order valence-electron chi connectivity index (χ2n) is 12.6. The van der Waals surface area contributed by atoms with Crippen LogP contribution in [0.4, 0.5) is 5.69 Å². The number of halogens is 2. The van der Waals surface area contributed by atoms with Gasteiger partial charge in [-0.25, -0.2) is 0 Å². The molecule has 1 aliphatic carbocycles. The van der Waals surface area contributed by atoms with Gasteiger partial charge in [-0.15, -0.1) is 0 Å². The van der Waals surface area contributed by atoms with Crippen molar-refractivity contribution in [3.8, 4) is 0 Å². The summed E-state index contributed by atoms with van der Waals surface area (Å²) in [6.45, 7) is 10.9. The lowest BCUT2D eigenvalue weighted by Gasteiger charge is -2.53. The molecule has 4 atom stereocenters. The lowest BCUT2D eigenvalue weighted by molar-refractivity contribution is -0.151. The summed E-state index contributed by atoms with van der Waals surface area (Å²) in [6, 6.07) is 12.6. The van der Waals surface area contributed by atoms with E-state index in [0.29, 0.717) is 10.7 Å². The van der Waals surface area contributed by atoms with E-state index in [2.05, 4.69) is 54.7 Å². The highest BCUT2D eigenvalue weighted by Gasteiger charge is 2.69. The number of nitrogens with one attached hydrogen (secondary N) is 1. The van der Waals surface area contributed by atoms with E-state index in [-0.39, 0.29) is 30.2 Å². The number of nitrogens with two attached hydrogens (primary N) is 1.